The van der Waals surface area contributed by atoms with Crippen LogP contribution in [0.1, 0.15) is 49.7 Å². The van der Waals surface area contributed by atoms with Gasteiger partial charge in [-0.15, -0.1) is 0 Å². The zero-order valence-electron chi connectivity index (χ0n) is 23.0. The van der Waals surface area contributed by atoms with Crippen LogP contribution in [0.5, 0.6) is 11.5 Å². The Labute approximate surface area is 232 Å². The van der Waals surface area contributed by atoms with E-state index in [-0.39, 0.29) is 36.0 Å². The molecule has 2 aromatic rings. The van der Waals surface area contributed by atoms with Gasteiger partial charge in [0.25, 0.3) is 5.91 Å². The highest BCUT2D eigenvalue weighted by Gasteiger charge is 2.36. The molecular formula is C28H35FN2O9. The van der Waals surface area contributed by atoms with Crippen LogP contribution in [0.25, 0.3) is 0 Å². The normalized spacial score (nSPS) is 21.3. The largest absolute Gasteiger partial charge is 0.493 e. The minimum absolute atomic E-state index is 0.0582. The monoisotopic (exact) mass is 562 g/mol. The number of hydrogen-bond acceptors (Lipinski definition) is 10. The highest BCUT2D eigenvalue weighted by atomic mass is 19.1. The number of nitrogens with zero attached hydrogens (tertiary/aromatic N) is 1. The molecule has 4 atom stereocenters. The standard InChI is InChI=1S/C28H35FN2O9/c1-5-13-37-25-17(2)40-28(34)21(11-14-36-23(25)15-19-6-8-20(29)9-7-19)31-27(33)24-26(39-16-38-18(3)32)22(35-4)10-12-30-24/h6-10,12,17,21,23,25H,5,11,13-16H2,1-4H3,(H,31,33)/t17-,21-,23+,25-/m0/s1. The Morgan fingerprint density at radius 2 is 1.95 bits per heavy atom. The number of ether oxygens (including phenoxy) is 6. The van der Waals surface area contributed by atoms with Gasteiger partial charge in [0, 0.05) is 45.2 Å². The maximum Gasteiger partial charge on any atom is 0.329 e. The summed E-state index contributed by atoms with van der Waals surface area (Å²) in [5.74, 6) is -2.19. The summed E-state index contributed by atoms with van der Waals surface area (Å²) in [4.78, 5) is 41.6. The number of methoxy groups -OCH3 is 1. The molecule has 11 nitrogen and oxygen atoms in total. The first-order valence-electron chi connectivity index (χ1n) is 13.0. The molecule has 1 aliphatic rings. The molecule has 0 bridgehead atoms. The molecule has 218 valence electrons. The van der Waals surface area contributed by atoms with Gasteiger partial charge >= 0.3 is 11.9 Å². The molecule has 1 aromatic heterocycles. The van der Waals surface area contributed by atoms with Gasteiger partial charge in [-0.1, -0.05) is 19.1 Å². The van der Waals surface area contributed by atoms with E-state index in [1.165, 1.54) is 38.4 Å². The van der Waals surface area contributed by atoms with Crippen LogP contribution in [0.15, 0.2) is 36.5 Å². The van der Waals surface area contributed by atoms with Gasteiger partial charge in [0.05, 0.1) is 13.2 Å². The average molecular weight is 563 g/mol. The van der Waals surface area contributed by atoms with Gasteiger partial charge in [0.15, 0.2) is 17.2 Å². The summed E-state index contributed by atoms with van der Waals surface area (Å²) >= 11 is 0. The fourth-order valence-electron chi connectivity index (χ4n) is 4.13. The number of esters is 2. The van der Waals surface area contributed by atoms with Crippen molar-refractivity contribution in [2.24, 2.45) is 0 Å². The number of nitrogens with one attached hydrogen (secondary N) is 1. The topological polar surface area (TPSA) is 132 Å². The van der Waals surface area contributed by atoms with E-state index < -0.39 is 49.0 Å². The number of hydrogen-bond donors (Lipinski definition) is 1. The summed E-state index contributed by atoms with van der Waals surface area (Å²) in [5, 5.41) is 2.64. The number of pyridine rings is 1. The quantitative estimate of drug-likeness (QED) is 0.322. The molecule has 2 heterocycles. The van der Waals surface area contributed by atoms with Crippen molar-refractivity contribution in [3.8, 4) is 11.5 Å². The zero-order chi connectivity index (χ0) is 29.1. The van der Waals surface area contributed by atoms with E-state index in [0.717, 1.165) is 12.0 Å². The minimum Gasteiger partial charge on any atom is -0.493 e. The maximum absolute atomic E-state index is 13.4. The number of cyclic esters (lactones) is 1. The predicted molar refractivity (Wildman–Crippen MR) is 139 cm³/mol. The molecule has 12 heteroatoms. The first-order chi connectivity index (χ1) is 19.2. The second-order valence-corrected chi connectivity index (χ2v) is 9.12. The molecular weight excluding hydrogens is 527 g/mol. The summed E-state index contributed by atoms with van der Waals surface area (Å²) < 4.78 is 46.9. The van der Waals surface area contributed by atoms with E-state index in [1.807, 2.05) is 6.92 Å². The molecule has 1 N–H and O–H groups in total. The van der Waals surface area contributed by atoms with E-state index in [1.54, 1.807) is 19.1 Å². The number of halogens is 1. The molecule has 3 rings (SSSR count). The van der Waals surface area contributed by atoms with Gasteiger partial charge in [-0.25, -0.2) is 14.2 Å². The van der Waals surface area contributed by atoms with Gasteiger partial charge in [-0.3, -0.25) is 9.59 Å². The molecule has 1 amide bonds. The van der Waals surface area contributed by atoms with Crippen LogP contribution in [0.4, 0.5) is 4.39 Å². The number of carbonyl (C=O) groups excluding carboxylic acids is 3. The molecule has 0 radical (unpaired) electrons. The van der Waals surface area contributed by atoms with E-state index >= 15 is 0 Å². The SMILES string of the molecule is CCCO[C@H]1[C@H](C)OC(=O)[C@@H](NC(=O)c2nccc(OC)c2OCOC(C)=O)CCO[C@@H]1Cc1ccc(F)cc1. The summed E-state index contributed by atoms with van der Waals surface area (Å²) in [6.45, 7) is 4.94. The Balaban J connectivity index is 1.78. The molecule has 1 saturated heterocycles. The molecule has 0 aliphatic carbocycles. The predicted octanol–water partition coefficient (Wildman–Crippen LogP) is 2.99. The lowest BCUT2D eigenvalue weighted by Gasteiger charge is -2.31. The number of carbonyl (C=O) groups is 3. The molecule has 1 aromatic carbocycles. The average Bonchev–Trinajstić information content (AvgIpc) is 2.97. The second kappa shape index (κ2) is 15.1. The molecule has 1 fully saturated rings. The van der Waals surface area contributed by atoms with Crippen molar-refractivity contribution in [3.63, 3.8) is 0 Å². The Kier molecular flexibility index (Phi) is 11.6. The highest BCUT2D eigenvalue weighted by molar-refractivity contribution is 5.98. The molecule has 0 spiro atoms. The Bertz CT molecular complexity index is 1150. The fraction of sp³-hybridized carbons (Fsp3) is 0.500. The van der Waals surface area contributed by atoms with Crippen molar-refractivity contribution in [3.05, 3.63) is 53.6 Å². The second-order valence-electron chi connectivity index (χ2n) is 9.12. The van der Waals surface area contributed by atoms with Gasteiger partial charge in [0.2, 0.25) is 6.79 Å². The van der Waals surface area contributed by atoms with Gasteiger partial charge in [0.1, 0.15) is 24.1 Å². The van der Waals surface area contributed by atoms with Gasteiger partial charge < -0.3 is 33.7 Å². The van der Waals surface area contributed by atoms with Crippen LogP contribution in [0.2, 0.25) is 0 Å². The summed E-state index contributed by atoms with van der Waals surface area (Å²) in [7, 11) is 1.38. The number of aromatic nitrogens is 1. The van der Waals surface area contributed by atoms with Crippen molar-refractivity contribution in [1.82, 2.24) is 10.3 Å². The lowest BCUT2D eigenvalue weighted by molar-refractivity contribution is -0.164. The third kappa shape index (κ3) is 8.62. The van der Waals surface area contributed by atoms with Crippen LogP contribution < -0.4 is 14.8 Å². The molecule has 0 saturated carbocycles. The third-order valence-electron chi connectivity index (χ3n) is 6.09. The van der Waals surface area contributed by atoms with Crippen LogP contribution in [0, 0.1) is 5.82 Å². The third-order valence-corrected chi connectivity index (χ3v) is 6.09. The van der Waals surface area contributed by atoms with Crippen LogP contribution in [0.3, 0.4) is 0 Å². The summed E-state index contributed by atoms with van der Waals surface area (Å²) in [5.41, 5.74) is 0.663. The lowest BCUT2D eigenvalue weighted by atomic mass is 10.0. The number of rotatable bonds is 11. The maximum atomic E-state index is 13.4. The van der Waals surface area contributed by atoms with Gasteiger partial charge in [-0.2, -0.15) is 0 Å². The first-order valence-corrected chi connectivity index (χ1v) is 13.0. The molecule has 1 aliphatic heterocycles. The van der Waals surface area contributed by atoms with Crippen molar-refractivity contribution >= 4 is 17.8 Å². The first kappa shape index (κ1) is 30.8. The van der Waals surface area contributed by atoms with Crippen molar-refractivity contribution in [2.75, 3.05) is 27.1 Å². The molecule has 0 unspecified atom stereocenters. The van der Waals surface area contributed by atoms with Crippen LogP contribution >= 0.6 is 0 Å². The van der Waals surface area contributed by atoms with E-state index in [2.05, 4.69) is 10.3 Å². The van der Waals surface area contributed by atoms with E-state index in [9.17, 15) is 18.8 Å². The Morgan fingerprint density at radius 3 is 2.62 bits per heavy atom. The van der Waals surface area contributed by atoms with Gasteiger partial charge in [-0.05, 0) is 31.0 Å². The Morgan fingerprint density at radius 1 is 1.20 bits per heavy atom. The smallest absolute Gasteiger partial charge is 0.329 e. The van der Waals surface area contributed by atoms with Crippen molar-refractivity contribution in [2.45, 2.75) is 64.4 Å². The van der Waals surface area contributed by atoms with E-state index in [0.29, 0.717) is 13.0 Å². The Hall–Kier alpha value is -3.77. The number of benzene rings is 1. The van der Waals surface area contributed by atoms with Crippen molar-refractivity contribution < 1.29 is 47.2 Å². The van der Waals surface area contributed by atoms with Crippen LogP contribution in [-0.2, 0) is 35.0 Å². The van der Waals surface area contributed by atoms with Crippen molar-refractivity contribution in [1.29, 1.82) is 0 Å². The minimum atomic E-state index is -1.07. The van der Waals surface area contributed by atoms with E-state index in [4.69, 9.17) is 28.4 Å². The zero-order valence-corrected chi connectivity index (χ0v) is 23.0. The summed E-state index contributed by atoms with van der Waals surface area (Å²) in [6.07, 6.45) is 0.804. The highest BCUT2D eigenvalue weighted by Crippen LogP contribution is 2.30. The summed E-state index contributed by atoms with van der Waals surface area (Å²) in [6, 6.07) is 6.49. The fourth-order valence-corrected chi connectivity index (χ4v) is 4.13. The van der Waals surface area contributed by atoms with Crippen LogP contribution in [-0.4, -0.2) is 74.3 Å². The molecule has 40 heavy (non-hydrogen) atoms. The lowest BCUT2D eigenvalue weighted by Crippen LogP contribution is -2.46. The number of amides is 1.